The minimum Gasteiger partial charge on any atom is -0.394 e. The van der Waals surface area contributed by atoms with Gasteiger partial charge in [-0.2, -0.15) is 0 Å². The number of rotatable bonds is 5. The van der Waals surface area contributed by atoms with Crippen molar-refractivity contribution in [2.45, 2.75) is 91.5 Å². The van der Waals surface area contributed by atoms with Gasteiger partial charge in [-0.3, -0.25) is 4.39 Å². The van der Waals surface area contributed by atoms with E-state index in [1.807, 2.05) is 26.0 Å². The van der Waals surface area contributed by atoms with Crippen LogP contribution in [0.3, 0.4) is 0 Å². The summed E-state index contributed by atoms with van der Waals surface area (Å²) in [6.07, 6.45) is 1.03. The molecule has 3 atom stereocenters. The van der Waals surface area contributed by atoms with Crippen molar-refractivity contribution in [2.24, 2.45) is 0 Å². The average molecular weight is 583 g/mol. The van der Waals surface area contributed by atoms with Gasteiger partial charge < -0.3 is 14.9 Å². The number of aliphatic hydroxyl groups excluding tert-OH is 2. The normalized spacial score (nSPS) is 18.5. The Balaban J connectivity index is 0.000000856. The second-order valence-corrected chi connectivity index (χ2v) is 11.1. The summed E-state index contributed by atoms with van der Waals surface area (Å²) in [5.74, 6) is -0.247. The molecule has 0 amide bonds. The van der Waals surface area contributed by atoms with E-state index in [4.69, 9.17) is 16.3 Å². The Hall–Kier alpha value is -1.83. The van der Waals surface area contributed by atoms with Crippen molar-refractivity contribution in [2.75, 3.05) is 13.3 Å². The number of aliphatic hydroxyl groups is 2. The lowest BCUT2D eigenvalue weighted by atomic mass is 9.81. The van der Waals surface area contributed by atoms with Crippen LogP contribution in [0.15, 0.2) is 54.6 Å². The molecule has 1 fully saturated rings. The van der Waals surface area contributed by atoms with Gasteiger partial charge in [0.1, 0.15) is 5.82 Å². The fraction of sp³-hybridized carbons (Fsp3) is 0.500. The first kappa shape index (κ1) is 35.2. The van der Waals surface area contributed by atoms with E-state index in [1.54, 1.807) is 23.5 Å². The molecular formula is C32H45ClF2O3S. The maximum Gasteiger partial charge on any atom is 0.123 e. The van der Waals surface area contributed by atoms with E-state index < -0.39 is 6.10 Å². The Kier molecular flexibility index (Phi) is 16.0. The highest BCUT2D eigenvalue weighted by Crippen LogP contribution is 2.43. The highest BCUT2D eigenvalue weighted by molar-refractivity contribution is 7.15. The van der Waals surface area contributed by atoms with Crippen LogP contribution in [0.4, 0.5) is 8.78 Å². The van der Waals surface area contributed by atoms with Crippen molar-refractivity contribution in [1.29, 1.82) is 0 Å². The third kappa shape index (κ3) is 10.3. The average Bonchev–Trinajstić information content (AvgIpc) is 3.42. The van der Waals surface area contributed by atoms with Gasteiger partial charge in [0.2, 0.25) is 0 Å². The zero-order chi connectivity index (χ0) is 29.6. The number of halogens is 3. The Morgan fingerprint density at radius 1 is 1.00 bits per heavy atom. The molecule has 0 radical (unpaired) electrons. The van der Waals surface area contributed by atoms with Crippen LogP contribution in [0.1, 0.15) is 89.8 Å². The summed E-state index contributed by atoms with van der Waals surface area (Å²) < 4.78 is 29.6. The molecule has 0 spiro atoms. The van der Waals surface area contributed by atoms with Gasteiger partial charge in [-0.25, -0.2) is 4.39 Å². The molecule has 3 aromatic rings. The van der Waals surface area contributed by atoms with Gasteiger partial charge in [-0.1, -0.05) is 83.8 Å². The molecule has 0 saturated carbocycles. The van der Waals surface area contributed by atoms with E-state index in [2.05, 4.69) is 45.9 Å². The monoisotopic (exact) mass is 582 g/mol. The molecule has 1 saturated heterocycles. The molecule has 2 heterocycles. The number of thiophene rings is 1. The number of hydrogen-bond donors (Lipinski definition) is 2. The predicted molar refractivity (Wildman–Crippen MR) is 162 cm³/mol. The zero-order valence-electron chi connectivity index (χ0n) is 24.3. The van der Waals surface area contributed by atoms with Crippen molar-refractivity contribution < 1.29 is 23.7 Å². The Labute approximate surface area is 242 Å². The summed E-state index contributed by atoms with van der Waals surface area (Å²) in [6, 6.07) is 16.5. The molecule has 1 aromatic heterocycles. The van der Waals surface area contributed by atoms with Crippen LogP contribution in [0, 0.1) is 5.82 Å². The molecule has 2 N–H and O–H groups in total. The van der Waals surface area contributed by atoms with Crippen LogP contribution in [0.5, 0.6) is 0 Å². The molecule has 7 heteroatoms. The van der Waals surface area contributed by atoms with Crippen molar-refractivity contribution in [3.8, 4) is 10.4 Å². The Morgan fingerprint density at radius 2 is 1.59 bits per heavy atom. The molecule has 39 heavy (non-hydrogen) atoms. The first-order valence-corrected chi connectivity index (χ1v) is 15.0. The lowest BCUT2D eigenvalue weighted by Crippen LogP contribution is -2.33. The number of hydrogen-bond acceptors (Lipinski definition) is 4. The van der Waals surface area contributed by atoms with E-state index in [-0.39, 0.29) is 36.7 Å². The topological polar surface area (TPSA) is 49.7 Å². The molecule has 0 aliphatic carbocycles. The van der Waals surface area contributed by atoms with E-state index >= 15 is 0 Å². The third-order valence-corrected chi connectivity index (χ3v) is 7.76. The molecule has 3 nitrogen and oxygen atoms in total. The molecule has 218 valence electrons. The SMILES string of the molecule is CC.CC(C)(c1ccc(-c2ccc(F)cc2)s1)c1cc([C@H]2CC(O)CC(CO)O2)ccc1Cl.CCC.CCF. The lowest BCUT2D eigenvalue weighted by molar-refractivity contribution is -0.113. The van der Waals surface area contributed by atoms with Crippen molar-refractivity contribution >= 4 is 22.9 Å². The Bertz CT molecular complexity index is 1080. The predicted octanol–water partition coefficient (Wildman–Crippen LogP) is 9.53. The number of benzene rings is 2. The molecule has 2 unspecified atom stereocenters. The molecular weight excluding hydrogens is 538 g/mol. The van der Waals surface area contributed by atoms with E-state index in [1.165, 1.54) is 25.5 Å². The van der Waals surface area contributed by atoms with Gasteiger partial charge in [0.25, 0.3) is 0 Å². The van der Waals surface area contributed by atoms with Crippen molar-refractivity contribution in [3.05, 3.63) is 81.4 Å². The summed E-state index contributed by atoms with van der Waals surface area (Å²) >= 11 is 8.29. The number of ether oxygens (including phenoxy) is 1. The smallest absolute Gasteiger partial charge is 0.123 e. The van der Waals surface area contributed by atoms with Crippen LogP contribution in [0.25, 0.3) is 10.4 Å². The fourth-order valence-corrected chi connectivity index (χ4v) is 5.60. The van der Waals surface area contributed by atoms with Gasteiger partial charge in [0.15, 0.2) is 0 Å². The first-order valence-electron chi connectivity index (χ1n) is 13.8. The fourth-order valence-electron chi connectivity index (χ4n) is 4.12. The molecule has 0 bridgehead atoms. The minimum absolute atomic E-state index is 0.110. The maximum absolute atomic E-state index is 13.3. The number of alkyl halides is 1. The van der Waals surface area contributed by atoms with Crippen molar-refractivity contribution in [1.82, 2.24) is 0 Å². The third-order valence-electron chi connectivity index (χ3n) is 5.97. The van der Waals surface area contributed by atoms with Gasteiger partial charge >= 0.3 is 0 Å². The molecule has 1 aliphatic heterocycles. The van der Waals surface area contributed by atoms with Crippen LogP contribution in [0.2, 0.25) is 5.02 Å². The molecule has 1 aliphatic rings. The summed E-state index contributed by atoms with van der Waals surface area (Å²) in [6.45, 7) is 13.6. The van der Waals surface area contributed by atoms with Crippen molar-refractivity contribution in [3.63, 3.8) is 0 Å². The van der Waals surface area contributed by atoms with Crippen LogP contribution in [-0.2, 0) is 10.2 Å². The van der Waals surface area contributed by atoms with Crippen LogP contribution >= 0.6 is 22.9 Å². The van der Waals surface area contributed by atoms with E-state index in [9.17, 15) is 19.0 Å². The van der Waals surface area contributed by atoms with Gasteiger partial charge in [-0.05, 0) is 53.9 Å². The van der Waals surface area contributed by atoms with E-state index in [0.29, 0.717) is 17.9 Å². The van der Waals surface area contributed by atoms with Gasteiger partial charge in [0.05, 0.1) is 31.6 Å². The highest BCUT2D eigenvalue weighted by atomic mass is 35.5. The summed E-state index contributed by atoms with van der Waals surface area (Å²) in [4.78, 5) is 2.21. The summed E-state index contributed by atoms with van der Waals surface area (Å²) in [7, 11) is 0. The first-order chi connectivity index (χ1) is 18.6. The van der Waals surface area contributed by atoms with Gasteiger partial charge in [0, 0.05) is 33.0 Å². The summed E-state index contributed by atoms with van der Waals surface area (Å²) in [5.41, 5.74) is 2.54. The van der Waals surface area contributed by atoms with E-state index in [0.717, 1.165) is 26.4 Å². The quantitative estimate of drug-likeness (QED) is 0.315. The molecule has 2 aromatic carbocycles. The zero-order valence-corrected chi connectivity index (χ0v) is 25.9. The standard InChI is InChI=1S/C25H26ClFO3S.C3H8.C2H5F.C2H6/c1-25(2,24-10-9-23(31-24)15-3-6-17(27)7-4-15)20-11-16(5-8-21(20)26)22-13-18(29)12-19(14-28)30-22;1-3-2;1-2-3;1-2/h3-11,18-19,22,28-29H,12-14H2,1-2H3;3H2,1-2H3;2H2,1H3;1-2H3/t18?,19?,22-;;;/m1.../s1. The Morgan fingerprint density at radius 3 is 2.15 bits per heavy atom. The summed E-state index contributed by atoms with van der Waals surface area (Å²) in [5, 5.41) is 20.3. The van der Waals surface area contributed by atoms with Crippen LogP contribution < -0.4 is 0 Å². The second-order valence-electron chi connectivity index (χ2n) is 9.56. The minimum atomic E-state index is -0.501. The largest absolute Gasteiger partial charge is 0.394 e. The lowest BCUT2D eigenvalue weighted by Gasteiger charge is -2.33. The molecule has 4 rings (SSSR count). The van der Waals surface area contributed by atoms with Crippen LogP contribution in [-0.4, -0.2) is 35.7 Å². The van der Waals surface area contributed by atoms with Gasteiger partial charge in [-0.15, -0.1) is 11.3 Å². The maximum atomic E-state index is 13.3. The highest BCUT2D eigenvalue weighted by Gasteiger charge is 2.32. The second kappa shape index (κ2) is 17.8.